The van der Waals surface area contributed by atoms with Gasteiger partial charge in [0.1, 0.15) is 0 Å². The Balaban J connectivity index is 2.04. The van der Waals surface area contributed by atoms with Crippen molar-refractivity contribution in [3.63, 3.8) is 0 Å². The zero-order valence-corrected chi connectivity index (χ0v) is 10.8. The van der Waals surface area contributed by atoms with Crippen molar-refractivity contribution in [1.82, 2.24) is 4.98 Å². The Bertz CT molecular complexity index is 519. The van der Waals surface area contributed by atoms with E-state index in [1.807, 2.05) is 6.92 Å². The fraction of sp³-hybridized carbons (Fsp3) is 0.333. The average Bonchev–Trinajstić information content (AvgIpc) is 2.96. The second kappa shape index (κ2) is 5.79. The van der Waals surface area contributed by atoms with Gasteiger partial charge in [-0.05, 0) is 31.9 Å². The number of thiazole rings is 1. The molecule has 0 spiro atoms. The van der Waals surface area contributed by atoms with Crippen LogP contribution >= 0.6 is 11.3 Å². The first-order chi connectivity index (χ1) is 8.70. The first-order valence-electron chi connectivity index (χ1n) is 5.62. The van der Waals surface area contributed by atoms with E-state index in [0.29, 0.717) is 11.6 Å². The number of aliphatic hydroxyl groups is 1. The number of rotatable bonds is 5. The summed E-state index contributed by atoms with van der Waals surface area (Å²) in [5.41, 5.74) is 0.892. The second-order valence-corrected chi connectivity index (χ2v) is 4.87. The van der Waals surface area contributed by atoms with Crippen molar-refractivity contribution in [2.45, 2.75) is 19.8 Å². The molecule has 2 aromatic rings. The minimum atomic E-state index is -0.303. The zero-order valence-electron chi connectivity index (χ0n) is 9.97. The molecule has 1 amide bonds. The number of nitrogens with zero attached hydrogens (tertiary/aromatic N) is 1. The fourth-order valence-electron chi connectivity index (χ4n) is 1.52. The van der Waals surface area contributed by atoms with Crippen LogP contribution < -0.4 is 5.32 Å². The number of amides is 1. The number of nitrogens with one attached hydrogen (secondary N) is 1. The smallest absolute Gasteiger partial charge is 0.293 e. The summed E-state index contributed by atoms with van der Waals surface area (Å²) in [6.07, 6.45) is 2.93. The predicted molar refractivity (Wildman–Crippen MR) is 68.9 cm³/mol. The van der Waals surface area contributed by atoms with Crippen molar-refractivity contribution < 1.29 is 14.3 Å². The Morgan fingerprint density at radius 2 is 2.44 bits per heavy atom. The van der Waals surface area contributed by atoms with Crippen molar-refractivity contribution in [3.8, 4) is 0 Å². The van der Waals surface area contributed by atoms with Crippen LogP contribution in [-0.4, -0.2) is 22.6 Å². The SMILES string of the molecule is Cc1nc(NC(=O)c2ccco2)sc1CCCO. The lowest BCUT2D eigenvalue weighted by Gasteiger charge is -1.96. The molecule has 96 valence electrons. The van der Waals surface area contributed by atoms with E-state index in [1.54, 1.807) is 12.1 Å². The molecule has 0 aliphatic carbocycles. The van der Waals surface area contributed by atoms with Crippen LogP contribution in [0.25, 0.3) is 0 Å². The number of carbonyl (C=O) groups excluding carboxylic acids is 1. The maximum Gasteiger partial charge on any atom is 0.293 e. The van der Waals surface area contributed by atoms with Crippen LogP contribution in [0.5, 0.6) is 0 Å². The normalized spacial score (nSPS) is 10.6. The molecule has 5 nitrogen and oxygen atoms in total. The van der Waals surface area contributed by atoms with Gasteiger partial charge in [-0.3, -0.25) is 10.1 Å². The molecular weight excluding hydrogens is 252 g/mol. The lowest BCUT2D eigenvalue weighted by atomic mass is 10.2. The minimum Gasteiger partial charge on any atom is -0.459 e. The number of aliphatic hydroxyl groups excluding tert-OH is 1. The van der Waals surface area contributed by atoms with Crippen molar-refractivity contribution >= 4 is 22.4 Å². The molecule has 0 aliphatic heterocycles. The van der Waals surface area contributed by atoms with E-state index in [-0.39, 0.29) is 18.3 Å². The highest BCUT2D eigenvalue weighted by Crippen LogP contribution is 2.24. The number of anilines is 1. The second-order valence-electron chi connectivity index (χ2n) is 3.79. The molecule has 0 unspecified atom stereocenters. The Hall–Kier alpha value is -1.66. The molecule has 0 saturated heterocycles. The van der Waals surface area contributed by atoms with E-state index < -0.39 is 0 Å². The summed E-state index contributed by atoms with van der Waals surface area (Å²) in [5, 5.41) is 12.0. The summed E-state index contributed by atoms with van der Waals surface area (Å²) in [7, 11) is 0. The standard InChI is InChI=1S/C12H14N2O3S/c1-8-10(5-2-6-15)18-12(13-8)14-11(16)9-4-3-7-17-9/h3-4,7,15H,2,5-6H2,1H3,(H,13,14,16). The molecule has 2 rings (SSSR count). The fourth-order valence-corrected chi connectivity index (χ4v) is 2.52. The van der Waals surface area contributed by atoms with E-state index in [0.717, 1.165) is 17.0 Å². The maximum atomic E-state index is 11.7. The van der Waals surface area contributed by atoms with Gasteiger partial charge < -0.3 is 9.52 Å². The van der Waals surface area contributed by atoms with Crippen LogP contribution in [0.2, 0.25) is 0 Å². The van der Waals surface area contributed by atoms with Gasteiger partial charge >= 0.3 is 0 Å². The molecule has 0 fully saturated rings. The molecule has 0 aliphatic rings. The molecule has 0 saturated carbocycles. The summed E-state index contributed by atoms with van der Waals surface area (Å²) in [4.78, 5) is 17.1. The Kier molecular flexibility index (Phi) is 4.11. The molecule has 0 atom stereocenters. The lowest BCUT2D eigenvalue weighted by Crippen LogP contribution is -2.10. The van der Waals surface area contributed by atoms with Crippen molar-refractivity contribution in [1.29, 1.82) is 0 Å². The van der Waals surface area contributed by atoms with Crippen molar-refractivity contribution in [2.24, 2.45) is 0 Å². The van der Waals surface area contributed by atoms with Gasteiger partial charge in [-0.2, -0.15) is 0 Å². The van der Waals surface area contributed by atoms with Gasteiger partial charge in [-0.1, -0.05) is 0 Å². The Morgan fingerprint density at radius 3 is 3.11 bits per heavy atom. The zero-order chi connectivity index (χ0) is 13.0. The molecular formula is C12H14N2O3S. The highest BCUT2D eigenvalue weighted by Gasteiger charge is 2.13. The summed E-state index contributed by atoms with van der Waals surface area (Å²) in [6, 6.07) is 3.26. The highest BCUT2D eigenvalue weighted by atomic mass is 32.1. The van der Waals surface area contributed by atoms with E-state index in [4.69, 9.17) is 9.52 Å². The third-order valence-corrected chi connectivity index (χ3v) is 3.55. The van der Waals surface area contributed by atoms with E-state index >= 15 is 0 Å². The monoisotopic (exact) mass is 266 g/mol. The van der Waals surface area contributed by atoms with Crippen LogP contribution in [0.1, 0.15) is 27.5 Å². The van der Waals surface area contributed by atoms with E-state index in [1.165, 1.54) is 17.6 Å². The van der Waals surface area contributed by atoms with Gasteiger partial charge in [0.2, 0.25) is 0 Å². The number of aromatic nitrogens is 1. The number of furan rings is 1. The van der Waals surface area contributed by atoms with E-state index in [9.17, 15) is 4.79 Å². The van der Waals surface area contributed by atoms with Gasteiger partial charge in [-0.15, -0.1) is 11.3 Å². The molecule has 2 heterocycles. The number of carbonyl (C=O) groups is 1. The summed E-state index contributed by atoms with van der Waals surface area (Å²) in [6.45, 7) is 2.05. The molecule has 0 bridgehead atoms. The van der Waals surface area contributed by atoms with Crippen molar-refractivity contribution in [3.05, 3.63) is 34.7 Å². The average molecular weight is 266 g/mol. The van der Waals surface area contributed by atoms with Crippen LogP contribution in [-0.2, 0) is 6.42 Å². The first kappa shape index (κ1) is 12.8. The number of aryl methyl sites for hydroxylation is 2. The van der Waals surface area contributed by atoms with Crippen LogP contribution in [0.3, 0.4) is 0 Å². The molecule has 2 N–H and O–H groups in total. The van der Waals surface area contributed by atoms with Gasteiger partial charge in [-0.25, -0.2) is 4.98 Å². The summed E-state index contributed by atoms with van der Waals surface area (Å²) >= 11 is 1.43. The topological polar surface area (TPSA) is 75.4 Å². The van der Waals surface area contributed by atoms with Gasteiger partial charge in [0.25, 0.3) is 5.91 Å². The molecule has 0 aromatic carbocycles. The molecule has 0 radical (unpaired) electrons. The minimum absolute atomic E-state index is 0.158. The predicted octanol–water partition coefficient (Wildman–Crippen LogP) is 2.22. The van der Waals surface area contributed by atoms with Crippen LogP contribution in [0, 0.1) is 6.92 Å². The maximum absolute atomic E-state index is 11.7. The van der Waals surface area contributed by atoms with Crippen LogP contribution in [0.4, 0.5) is 5.13 Å². The van der Waals surface area contributed by atoms with Gasteiger partial charge in [0, 0.05) is 11.5 Å². The van der Waals surface area contributed by atoms with Crippen LogP contribution in [0.15, 0.2) is 22.8 Å². The van der Waals surface area contributed by atoms with Crippen molar-refractivity contribution in [2.75, 3.05) is 11.9 Å². The summed E-state index contributed by atoms with van der Waals surface area (Å²) < 4.78 is 5.00. The lowest BCUT2D eigenvalue weighted by molar-refractivity contribution is 0.0996. The molecule has 6 heteroatoms. The number of hydrogen-bond donors (Lipinski definition) is 2. The summed E-state index contributed by atoms with van der Waals surface area (Å²) in [5.74, 6) is -0.0396. The largest absolute Gasteiger partial charge is 0.459 e. The Morgan fingerprint density at radius 1 is 1.61 bits per heavy atom. The quantitative estimate of drug-likeness (QED) is 0.870. The third-order valence-electron chi connectivity index (χ3n) is 2.42. The van der Waals surface area contributed by atoms with Gasteiger partial charge in [0.05, 0.1) is 12.0 Å². The molecule has 2 aromatic heterocycles. The number of hydrogen-bond acceptors (Lipinski definition) is 5. The third kappa shape index (κ3) is 2.96. The Labute approximate surface area is 108 Å². The highest BCUT2D eigenvalue weighted by molar-refractivity contribution is 7.15. The molecule has 18 heavy (non-hydrogen) atoms. The van der Waals surface area contributed by atoms with E-state index in [2.05, 4.69) is 10.3 Å². The first-order valence-corrected chi connectivity index (χ1v) is 6.44. The van der Waals surface area contributed by atoms with Gasteiger partial charge in [0.15, 0.2) is 10.9 Å².